The molecule has 7 heteroatoms. The molecule has 2 aliphatic rings. The maximum atomic E-state index is 12.5. The van der Waals surface area contributed by atoms with Gasteiger partial charge in [0.05, 0.1) is 19.3 Å². The van der Waals surface area contributed by atoms with Gasteiger partial charge in [0, 0.05) is 64.7 Å². The summed E-state index contributed by atoms with van der Waals surface area (Å²) in [4.78, 5) is 16.9. The minimum atomic E-state index is 0.112. The van der Waals surface area contributed by atoms with Gasteiger partial charge in [0.2, 0.25) is 5.91 Å². The fourth-order valence-corrected chi connectivity index (χ4v) is 3.29. The number of ether oxygens (including phenoxy) is 2. The largest absolute Gasteiger partial charge is 0.379 e. The highest BCUT2D eigenvalue weighted by molar-refractivity contribution is 5.76. The van der Waals surface area contributed by atoms with Crippen LogP contribution >= 0.6 is 0 Å². The van der Waals surface area contributed by atoms with E-state index >= 15 is 0 Å². The Morgan fingerprint density at radius 1 is 1.21 bits per heavy atom. The molecular weight excluding hydrogens is 308 g/mol. The number of carbonyl (C=O) groups excluding carboxylic acids is 1. The molecule has 3 rings (SSSR count). The number of hydrogen-bond acceptors (Lipinski definition) is 5. The van der Waals surface area contributed by atoms with Crippen LogP contribution in [0.25, 0.3) is 0 Å². The molecule has 0 bridgehead atoms. The van der Waals surface area contributed by atoms with Gasteiger partial charge in [0.25, 0.3) is 0 Å². The first-order valence-electron chi connectivity index (χ1n) is 8.98. The second kappa shape index (κ2) is 9.15. The van der Waals surface area contributed by atoms with Crippen LogP contribution in [0.1, 0.15) is 19.3 Å². The highest BCUT2D eigenvalue weighted by atomic mass is 16.5. The number of hydrogen-bond donors (Lipinski definition) is 0. The molecule has 2 fully saturated rings. The van der Waals surface area contributed by atoms with Crippen molar-refractivity contribution >= 4 is 5.91 Å². The van der Waals surface area contributed by atoms with Crippen LogP contribution in [0.15, 0.2) is 18.5 Å². The molecule has 134 valence electrons. The maximum absolute atomic E-state index is 12.5. The summed E-state index contributed by atoms with van der Waals surface area (Å²) in [5.41, 5.74) is 0. The van der Waals surface area contributed by atoms with E-state index in [2.05, 4.69) is 10.00 Å². The average Bonchev–Trinajstić information content (AvgIpc) is 3.01. The summed E-state index contributed by atoms with van der Waals surface area (Å²) in [5, 5.41) is 4.17. The summed E-state index contributed by atoms with van der Waals surface area (Å²) in [7, 11) is 0. The second-order valence-corrected chi connectivity index (χ2v) is 6.47. The molecular formula is C17H28N4O3. The Hall–Kier alpha value is -1.44. The van der Waals surface area contributed by atoms with Crippen LogP contribution in [-0.4, -0.2) is 84.1 Å². The minimum Gasteiger partial charge on any atom is -0.379 e. The van der Waals surface area contributed by atoms with Crippen molar-refractivity contribution in [3.63, 3.8) is 0 Å². The first kappa shape index (κ1) is 17.4. The van der Waals surface area contributed by atoms with Gasteiger partial charge >= 0.3 is 0 Å². The summed E-state index contributed by atoms with van der Waals surface area (Å²) < 4.78 is 13.2. The van der Waals surface area contributed by atoms with Gasteiger partial charge in [0.1, 0.15) is 0 Å². The number of amides is 1. The van der Waals surface area contributed by atoms with Gasteiger partial charge in [-0.05, 0) is 18.9 Å². The van der Waals surface area contributed by atoms with Crippen LogP contribution in [0.2, 0.25) is 0 Å². The summed E-state index contributed by atoms with van der Waals surface area (Å²) in [6, 6.07) is 1.91. The van der Waals surface area contributed by atoms with Crippen molar-refractivity contribution in [2.24, 2.45) is 0 Å². The zero-order valence-electron chi connectivity index (χ0n) is 14.3. The molecule has 0 radical (unpaired) electrons. The average molecular weight is 336 g/mol. The fourth-order valence-electron chi connectivity index (χ4n) is 3.29. The number of nitrogens with zero attached hydrogens (tertiary/aromatic N) is 4. The molecule has 2 saturated heterocycles. The van der Waals surface area contributed by atoms with Crippen LogP contribution in [-0.2, 0) is 20.8 Å². The molecule has 0 aromatic carbocycles. The number of morpholine rings is 1. The van der Waals surface area contributed by atoms with Crippen LogP contribution in [0.5, 0.6) is 0 Å². The van der Waals surface area contributed by atoms with Gasteiger partial charge < -0.3 is 14.4 Å². The highest BCUT2D eigenvalue weighted by Crippen LogP contribution is 2.11. The van der Waals surface area contributed by atoms with Gasteiger partial charge in [-0.2, -0.15) is 5.10 Å². The quantitative estimate of drug-likeness (QED) is 0.762. The topological polar surface area (TPSA) is 59.8 Å². The van der Waals surface area contributed by atoms with Crippen molar-refractivity contribution in [2.45, 2.75) is 31.9 Å². The van der Waals surface area contributed by atoms with E-state index in [1.54, 1.807) is 6.20 Å². The Balaban J connectivity index is 1.43. The van der Waals surface area contributed by atoms with E-state index in [1.807, 2.05) is 21.8 Å². The van der Waals surface area contributed by atoms with Crippen LogP contribution in [0.3, 0.4) is 0 Å². The maximum Gasteiger partial charge on any atom is 0.222 e. The first-order valence-corrected chi connectivity index (χ1v) is 8.98. The smallest absolute Gasteiger partial charge is 0.222 e. The van der Waals surface area contributed by atoms with Crippen molar-refractivity contribution in [1.29, 1.82) is 0 Å². The van der Waals surface area contributed by atoms with Gasteiger partial charge in [-0.15, -0.1) is 0 Å². The van der Waals surface area contributed by atoms with E-state index in [1.165, 1.54) is 0 Å². The molecule has 2 aliphatic heterocycles. The summed E-state index contributed by atoms with van der Waals surface area (Å²) in [5.74, 6) is 0.236. The second-order valence-electron chi connectivity index (χ2n) is 6.47. The lowest BCUT2D eigenvalue weighted by Gasteiger charge is -2.31. The van der Waals surface area contributed by atoms with Gasteiger partial charge in [-0.3, -0.25) is 14.4 Å². The molecule has 0 spiro atoms. The lowest BCUT2D eigenvalue weighted by Crippen LogP contribution is -2.45. The van der Waals surface area contributed by atoms with Crippen molar-refractivity contribution in [3.8, 4) is 0 Å². The summed E-state index contributed by atoms with van der Waals surface area (Å²) >= 11 is 0. The van der Waals surface area contributed by atoms with E-state index in [-0.39, 0.29) is 12.0 Å². The number of aryl methyl sites for hydroxylation is 1. The SMILES string of the molecule is O=C(CCCn1cccn1)N1CCCO[C@H](CN2CCOCC2)C1. The predicted molar refractivity (Wildman–Crippen MR) is 89.7 cm³/mol. The third-order valence-corrected chi connectivity index (χ3v) is 4.61. The molecule has 1 amide bonds. The number of rotatable bonds is 6. The highest BCUT2D eigenvalue weighted by Gasteiger charge is 2.24. The lowest BCUT2D eigenvalue weighted by molar-refractivity contribution is -0.132. The van der Waals surface area contributed by atoms with E-state index in [9.17, 15) is 4.79 Å². The van der Waals surface area contributed by atoms with Crippen molar-refractivity contribution in [3.05, 3.63) is 18.5 Å². The molecule has 0 N–H and O–H groups in total. The van der Waals surface area contributed by atoms with Crippen LogP contribution < -0.4 is 0 Å². The van der Waals surface area contributed by atoms with Gasteiger partial charge in [-0.25, -0.2) is 0 Å². The normalized spacial score (nSPS) is 23.2. The van der Waals surface area contributed by atoms with E-state index in [4.69, 9.17) is 9.47 Å². The van der Waals surface area contributed by atoms with Crippen molar-refractivity contribution in [1.82, 2.24) is 19.6 Å². The first-order chi connectivity index (χ1) is 11.8. The Labute approximate surface area is 143 Å². The molecule has 0 unspecified atom stereocenters. The Morgan fingerprint density at radius 3 is 2.88 bits per heavy atom. The van der Waals surface area contributed by atoms with E-state index < -0.39 is 0 Å². The fraction of sp³-hybridized carbons (Fsp3) is 0.765. The standard InChI is InChI=1S/C17H28N4O3/c22-17(4-1-7-21-8-2-5-18-21)20-6-3-11-24-16(15-20)14-19-9-12-23-13-10-19/h2,5,8,16H,1,3-4,6-7,9-15H2/t16-/m1/s1. The zero-order valence-corrected chi connectivity index (χ0v) is 14.3. The lowest BCUT2D eigenvalue weighted by atomic mass is 10.2. The van der Waals surface area contributed by atoms with Crippen molar-refractivity contribution < 1.29 is 14.3 Å². The summed E-state index contributed by atoms with van der Waals surface area (Å²) in [6.07, 6.45) is 6.13. The minimum absolute atomic E-state index is 0.112. The molecule has 0 aliphatic carbocycles. The molecule has 1 atom stereocenters. The van der Waals surface area contributed by atoms with Gasteiger partial charge in [-0.1, -0.05) is 0 Å². The molecule has 3 heterocycles. The number of aromatic nitrogens is 2. The Morgan fingerprint density at radius 2 is 2.08 bits per heavy atom. The van der Waals surface area contributed by atoms with Crippen LogP contribution in [0, 0.1) is 0 Å². The predicted octanol–water partition coefficient (Wildman–Crippen LogP) is 0.613. The number of carbonyl (C=O) groups is 1. The van der Waals surface area contributed by atoms with E-state index in [0.717, 1.165) is 65.4 Å². The third-order valence-electron chi connectivity index (χ3n) is 4.61. The zero-order chi connectivity index (χ0) is 16.6. The third kappa shape index (κ3) is 5.29. The Kier molecular flexibility index (Phi) is 6.63. The van der Waals surface area contributed by atoms with Gasteiger partial charge in [0.15, 0.2) is 0 Å². The molecule has 1 aromatic rings. The van der Waals surface area contributed by atoms with Crippen molar-refractivity contribution in [2.75, 3.05) is 52.5 Å². The van der Waals surface area contributed by atoms with E-state index in [0.29, 0.717) is 13.0 Å². The molecule has 0 saturated carbocycles. The summed E-state index contributed by atoms with van der Waals surface area (Å²) in [6.45, 7) is 7.44. The monoisotopic (exact) mass is 336 g/mol. The Bertz CT molecular complexity index is 488. The van der Waals surface area contributed by atoms with Crippen LogP contribution in [0.4, 0.5) is 0 Å². The molecule has 24 heavy (non-hydrogen) atoms. The molecule has 1 aromatic heterocycles. The molecule has 7 nitrogen and oxygen atoms in total.